The summed E-state index contributed by atoms with van der Waals surface area (Å²) in [5.41, 5.74) is 0.389. The molecule has 2 aliphatic rings. The van der Waals surface area contributed by atoms with Crippen molar-refractivity contribution in [1.82, 2.24) is 19.6 Å². The lowest BCUT2D eigenvalue weighted by molar-refractivity contribution is -0.133. The molecule has 0 spiro atoms. The number of nitrogens with zero attached hydrogens (tertiary/aromatic N) is 4. The molecule has 2 fully saturated rings. The Morgan fingerprint density at radius 2 is 1.00 bits per heavy atom. The number of carbonyl (C=O) groups excluding carboxylic acids is 4. The molecule has 0 unspecified atom stereocenters. The van der Waals surface area contributed by atoms with E-state index in [1.165, 1.54) is 72.1 Å². The third-order valence-corrected chi connectivity index (χ3v) is 6.99. The van der Waals surface area contributed by atoms with Crippen molar-refractivity contribution in [3.8, 4) is 0 Å². The summed E-state index contributed by atoms with van der Waals surface area (Å²) in [7, 11) is 5.82. The van der Waals surface area contributed by atoms with Gasteiger partial charge < -0.3 is 0 Å². The fraction of sp³-hybridized carbons (Fsp3) is 0.167. The molecule has 0 bridgehead atoms. The molecular formula is C24H19FN4O4S2. The Bertz CT molecular complexity index is 1400. The molecule has 0 N–H and O–H groups in total. The maximum Gasteiger partial charge on any atom is 0.265 e. The highest BCUT2D eigenvalue weighted by atomic mass is 32.1. The van der Waals surface area contributed by atoms with Gasteiger partial charge in [-0.3, -0.25) is 38.8 Å². The first-order valence-electron chi connectivity index (χ1n) is 10.3. The number of fused-ring (bicyclic) bond motifs is 1. The Kier molecular flexibility index (Phi) is 6.07. The van der Waals surface area contributed by atoms with E-state index in [1.54, 1.807) is 18.2 Å². The highest BCUT2D eigenvalue weighted by Crippen LogP contribution is 2.28. The van der Waals surface area contributed by atoms with Crippen molar-refractivity contribution in [1.29, 1.82) is 0 Å². The maximum atomic E-state index is 13.9. The second kappa shape index (κ2) is 8.75. The zero-order valence-electron chi connectivity index (χ0n) is 19.2. The lowest BCUT2D eigenvalue weighted by Crippen LogP contribution is -2.52. The van der Waals surface area contributed by atoms with E-state index in [-0.39, 0.29) is 21.4 Å². The Morgan fingerprint density at radius 1 is 0.629 bits per heavy atom. The monoisotopic (exact) mass is 510 g/mol. The molecule has 2 aromatic carbocycles. The van der Waals surface area contributed by atoms with Gasteiger partial charge in [0, 0.05) is 28.2 Å². The van der Waals surface area contributed by atoms with Gasteiger partial charge in [-0.05, 0) is 82.8 Å². The summed E-state index contributed by atoms with van der Waals surface area (Å²) in [5, 5.41) is 1.25. The highest BCUT2D eigenvalue weighted by Gasteiger charge is 2.37. The standard InChI is InChI=1S/C24H19FN4O4S2/c1-26-19(30)17(20(31)27(2)23(26)34)10-14-7-12-5-6-16(25)9-13(12)8-15(14)11-18-21(32)28(3)24(35)29(4)22(18)33/h5-11H,1-4H3. The molecular weight excluding hydrogens is 491 g/mol. The van der Waals surface area contributed by atoms with Gasteiger partial charge in [-0.15, -0.1) is 0 Å². The van der Waals surface area contributed by atoms with Gasteiger partial charge in [-0.1, -0.05) is 6.07 Å². The molecule has 178 valence electrons. The van der Waals surface area contributed by atoms with E-state index in [4.69, 9.17) is 24.4 Å². The van der Waals surface area contributed by atoms with Gasteiger partial charge in [0.1, 0.15) is 17.0 Å². The van der Waals surface area contributed by atoms with Crippen LogP contribution in [0.25, 0.3) is 22.9 Å². The van der Waals surface area contributed by atoms with E-state index in [9.17, 15) is 23.6 Å². The number of rotatable bonds is 2. The molecule has 0 aliphatic carbocycles. The summed E-state index contributed by atoms with van der Waals surface area (Å²) in [4.78, 5) is 56.1. The molecule has 35 heavy (non-hydrogen) atoms. The normalized spacial score (nSPS) is 17.3. The molecule has 4 rings (SSSR count). The minimum absolute atomic E-state index is 0.0560. The minimum Gasteiger partial charge on any atom is -0.288 e. The summed E-state index contributed by atoms with van der Waals surface area (Å²) in [6.07, 6.45) is 2.73. The molecule has 0 saturated carbocycles. The second-order valence-corrected chi connectivity index (χ2v) is 8.84. The first-order valence-corrected chi connectivity index (χ1v) is 11.1. The molecule has 2 aromatic rings. The summed E-state index contributed by atoms with van der Waals surface area (Å²) in [6.45, 7) is 0. The summed E-state index contributed by atoms with van der Waals surface area (Å²) < 4.78 is 13.9. The first kappa shape index (κ1) is 24.3. The zero-order valence-corrected chi connectivity index (χ0v) is 20.8. The van der Waals surface area contributed by atoms with Crippen molar-refractivity contribution in [3.63, 3.8) is 0 Å². The quantitative estimate of drug-likeness (QED) is 0.350. The molecule has 0 radical (unpaired) electrons. The van der Waals surface area contributed by atoms with Gasteiger partial charge in [-0.25, -0.2) is 4.39 Å². The predicted molar refractivity (Wildman–Crippen MR) is 136 cm³/mol. The second-order valence-electron chi connectivity index (χ2n) is 8.11. The topological polar surface area (TPSA) is 81.2 Å². The van der Waals surface area contributed by atoms with Crippen LogP contribution in [0.5, 0.6) is 0 Å². The Labute approximate surface area is 210 Å². The van der Waals surface area contributed by atoms with E-state index in [1.807, 2.05) is 0 Å². The van der Waals surface area contributed by atoms with Crippen molar-refractivity contribution in [2.75, 3.05) is 28.2 Å². The molecule has 2 saturated heterocycles. The van der Waals surface area contributed by atoms with E-state index in [2.05, 4.69) is 0 Å². The highest BCUT2D eigenvalue weighted by molar-refractivity contribution is 7.80. The van der Waals surface area contributed by atoms with Crippen molar-refractivity contribution in [2.45, 2.75) is 0 Å². The van der Waals surface area contributed by atoms with Gasteiger partial charge in [0.2, 0.25) is 0 Å². The van der Waals surface area contributed by atoms with Crippen LogP contribution in [-0.4, -0.2) is 81.6 Å². The summed E-state index contributed by atoms with van der Waals surface area (Å²) >= 11 is 10.3. The number of benzene rings is 2. The maximum absolute atomic E-state index is 13.9. The van der Waals surface area contributed by atoms with E-state index >= 15 is 0 Å². The average Bonchev–Trinajstić information content (AvgIpc) is 2.84. The number of thiocarbonyl (C=S) groups is 2. The van der Waals surface area contributed by atoms with Crippen molar-refractivity contribution in [2.24, 2.45) is 0 Å². The van der Waals surface area contributed by atoms with E-state index in [0.29, 0.717) is 21.9 Å². The molecule has 0 aromatic heterocycles. The molecule has 8 nitrogen and oxygen atoms in total. The van der Waals surface area contributed by atoms with Crippen LogP contribution in [0, 0.1) is 5.82 Å². The van der Waals surface area contributed by atoms with Crippen LogP contribution in [0.2, 0.25) is 0 Å². The molecule has 2 heterocycles. The van der Waals surface area contributed by atoms with Gasteiger partial charge in [-0.2, -0.15) is 0 Å². The fourth-order valence-corrected chi connectivity index (χ4v) is 4.15. The van der Waals surface area contributed by atoms with Crippen LogP contribution in [-0.2, 0) is 19.2 Å². The van der Waals surface area contributed by atoms with Gasteiger partial charge in [0.15, 0.2) is 10.2 Å². The predicted octanol–water partition coefficient (Wildman–Crippen LogP) is 2.18. The number of hydrogen-bond acceptors (Lipinski definition) is 6. The Hall–Kier alpha value is -3.83. The average molecular weight is 511 g/mol. The van der Waals surface area contributed by atoms with Crippen LogP contribution >= 0.6 is 24.4 Å². The third-order valence-electron chi connectivity index (χ3n) is 5.89. The number of halogens is 1. The van der Waals surface area contributed by atoms with Crippen LogP contribution in [0.15, 0.2) is 41.5 Å². The largest absolute Gasteiger partial charge is 0.288 e. The van der Waals surface area contributed by atoms with Gasteiger partial charge in [0.25, 0.3) is 23.6 Å². The lowest BCUT2D eigenvalue weighted by Gasteiger charge is -2.32. The van der Waals surface area contributed by atoms with E-state index < -0.39 is 29.4 Å². The smallest absolute Gasteiger partial charge is 0.265 e. The molecule has 11 heteroatoms. The minimum atomic E-state index is -0.606. The van der Waals surface area contributed by atoms with Crippen molar-refractivity contribution >= 4 is 81.2 Å². The van der Waals surface area contributed by atoms with Crippen LogP contribution < -0.4 is 0 Å². The molecule has 4 amide bonds. The molecule has 2 aliphatic heterocycles. The fourth-order valence-electron chi connectivity index (χ4n) is 3.81. The number of likely N-dealkylation sites (N-methyl/N-ethyl adjacent to an activating group) is 4. The lowest BCUT2D eigenvalue weighted by atomic mass is 9.95. The first-order chi connectivity index (χ1) is 16.4. The summed E-state index contributed by atoms with van der Waals surface area (Å²) in [5.74, 6) is -2.86. The third kappa shape index (κ3) is 4.02. The van der Waals surface area contributed by atoms with Gasteiger partial charge in [0.05, 0.1) is 0 Å². The number of carbonyl (C=O) groups is 4. The van der Waals surface area contributed by atoms with Crippen LogP contribution in [0.4, 0.5) is 4.39 Å². The van der Waals surface area contributed by atoms with E-state index in [0.717, 1.165) is 0 Å². The van der Waals surface area contributed by atoms with Crippen molar-refractivity contribution in [3.05, 3.63) is 58.4 Å². The van der Waals surface area contributed by atoms with Gasteiger partial charge >= 0.3 is 0 Å². The SMILES string of the molecule is CN1C(=O)C(=Cc2cc3ccc(F)cc3cc2C=C2C(=O)N(C)C(=S)N(C)C2=O)C(=O)N(C)C1=S. The zero-order chi connectivity index (χ0) is 25.8. The van der Waals surface area contributed by atoms with Crippen molar-refractivity contribution < 1.29 is 23.6 Å². The van der Waals surface area contributed by atoms with Crippen LogP contribution in [0.3, 0.4) is 0 Å². The number of amides is 4. The van der Waals surface area contributed by atoms with Crippen LogP contribution in [0.1, 0.15) is 11.1 Å². The molecule has 0 atom stereocenters. The Morgan fingerprint density at radius 3 is 1.40 bits per heavy atom. The Balaban J connectivity index is 1.96. The summed E-state index contributed by atoms with van der Waals surface area (Å²) in [6, 6.07) is 7.38. The number of hydrogen-bond donors (Lipinski definition) is 0.